The molecule has 1 unspecified atom stereocenters. The first-order valence-electron chi connectivity index (χ1n) is 5.65. The summed E-state index contributed by atoms with van der Waals surface area (Å²) in [4.78, 5) is 12.6. The van der Waals surface area contributed by atoms with Gasteiger partial charge in [0.15, 0.2) is 0 Å². The lowest BCUT2D eigenvalue weighted by atomic mass is 10.1. The Hall–Kier alpha value is -1.42. The van der Waals surface area contributed by atoms with Gasteiger partial charge in [-0.3, -0.25) is 4.79 Å². The van der Waals surface area contributed by atoms with E-state index in [1.54, 1.807) is 25.1 Å². The van der Waals surface area contributed by atoms with Crippen LogP contribution in [0.5, 0.6) is 0 Å². The Balaban J connectivity index is 2.42. The summed E-state index contributed by atoms with van der Waals surface area (Å²) in [6.07, 6.45) is 0.570. The number of hydrogen-bond acceptors (Lipinski definition) is 2. The predicted octanol–water partition coefficient (Wildman–Crippen LogP) is 2.37. The summed E-state index contributed by atoms with van der Waals surface area (Å²) in [5.74, 6) is -1.37. The van der Waals surface area contributed by atoms with Crippen LogP contribution in [-0.2, 0) is 11.3 Å². The van der Waals surface area contributed by atoms with Gasteiger partial charge < -0.3 is 10.0 Å². The monoisotopic (exact) mass is 239 g/mol. The van der Waals surface area contributed by atoms with Crippen molar-refractivity contribution in [2.24, 2.45) is 5.92 Å². The van der Waals surface area contributed by atoms with E-state index in [4.69, 9.17) is 5.11 Å². The number of carbonyl (C=O) groups is 1. The van der Waals surface area contributed by atoms with Crippen molar-refractivity contribution in [1.82, 2.24) is 4.90 Å². The minimum Gasteiger partial charge on any atom is -0.481 e. The third kappa shape index (κ3) is 4.53. The second-order valence-corrected chi connectivity index (χ2v) is 4.36. The first kappa shape index (κ1) is 13.6. The molecule has 0 saturated heterocycles. The smallest absolute Gasteiger partial charge is 0.306 e. The molecule has 0 aliphatic heterocycles. The maximum Gasteiger partial charge on any atom is 0.306 e. The molecule has 94 valence electrons. The maximum absolute atomic E-state index is 13.4. The molecular weight excluding hydrogens is 221 g/mol. The minimum absolute atomic E-state index is 0.217. The second-order valence-electron chi connectivity index (χ2n) is 4.36. The van der Waals surface area contributed by atoms with Crippen molar-refractivity contribution in [2.45, 2.75) is 19.9 Å². The molecule has 4 heteroatoms. The molecule has 1 rings (SSSR count). The Morgan fingerprint density at radius 2 is 2.12 bits per heavy atom. The summed E-state index contributed by atoms with van der Waals surface area (Å²) in [6, 6.07) is 6.63. The van der Waals surface area contributed by atoms with Crippen molar-refractivity contribution in [3.63, 3.8) is 0 Å². The van der Waals surface area contributed by atoms with Gasteiger partial charge in [0.1, 0.15) is 5.82 Å². The fourth-order valence-electron chi connectivity index (χ4n) is 1.53. The molecule has 1 atom stereocenters. The maximum atomic E-state index is 13.4. The first-order valence-corrected chi connectivity index (χ1v) is 5.65. The summed E-state index contributed by atoms with van der Waals surface area (Å²) in [5, 5.41) is 8.75. The van der Waals surface area contributed by atoms with Gasteiger partial charge in [0.25, 0.3) is 0 Å². The highest BCUT2D eigenvalue weighted by atomic mass is 19.1. The third-order valence-electron chi connectivity index (χ3n) is 2.76. The zero-order valence-electron chi connectivity index (χ0n) is 10.2. The van der Waals surface area contributed by atoms with Gasteiger partial charge in [-0.05, 0) is 26.1 Å². The van der Waals surface area contributed by atoms with E-state index in [-0.39, 0.29) is 11.7 Å². The summed E-state index contributed by atoms with van der Waals surface area (Å²) >= 11 is 0. The van der Waals surface area contributed by atoms with Gasteiger partial charge in [-0.25, -0.2) is 4.39 Å². The molecule has 0 bridgehead atoms. The fourth-order valence-corrected chi connectivity index (χ4v) is 1.53. The van der Waals surface area contributed by atoms with E-state index in [0.29, 0.717) is 25.1 Å². The molecule has 17 heavy (non-hydrogen) atoms. The number of aliphatic carboxylic acids is 1. The van der Waals surface area contributed by atoms with Gasteiger partial charge in [0, 0.05) is 12.1 Å². The lowest BCUT2D eigenvalue weighted by Crippen LogP contribution is -2.23. The van der Waals surface area contributed by atoms with Crippen LogP contribution in [-0.4, -0.2) is 29.6 Å². The van der Waals surface area contributed by atoms with Crippen LogP contribution in [0.1, 0.15) is 18.9 Å². The molecule has 0 radical (unpaired) electrons. The summed E-state index contributed by atoms with van der Waals surface area (Å²) in [6.45, 7) is 2.82. The molecule has 1 aromatic rings. The first-order chi connectivity index (χ1) is 8.00. The number of hydrogen-bond donors (Lipinski definition) is 1. The van der Waals surface area contributed by atoms with Gasteiger partial charge in [-0.1, -0.05) is 25.1 Å². The third-order valence-corrected chi connectivity index (χ3v) is 2.76. The van der Waals surface area contributed by atoms with E-state index in [1.165, 1.54) is 6.07 Å². The largest absolute Gasteiger partial charge is 0.481 e. The van der Waals surface area contributed by atoms with E-state index in [2.05, 4.69) is 0 Å². The quantitative estimate of drug-likeness (QED) is 0.828. The number of halogens is 1. The molecular formula is C13H18FNO2. The molecule has 3 nitrogen and oxygen atoms in total. The molecule has 0 heterocycles. The van der Waals surface area contributed by atoms with E-state index in [0.717, 1.165) is 0 Å². The average Bonchev–Trinajstić information content (AvgIpc) is 2.29. The number of carboxylic acids is 1. The molecule has 0 aliphatic rings. The normalized spacial score (nSPS) is 12.7. The van der Waals surface area contributed by atoms with Gasteiger partial charge in [-0.2, -0.15) is 0 Å². The van der Waals surface area contributed by atoms with Crippen molar-refractivity contribution in [2.75, 3.05) is 13.6 Å². The Kier molecular flexibility index (Phi) is 5.10. The minimum atomic E-state index is -0.788. The van der Waals surface area contributed by atoms with Crippen LogP contribution < -0.4 is 0 Å². The highest BCUT2D eigenvalue weighted by molar-refractivity contribution is 5.69. The van der Waals surface area contributed by atoms with Crippen molar-refractivity contribution in [3.8, 4) is 0 Å². The Labute approximate surface area is 101 Å². The zero-order valence-corrected chi connectivity index (χ0v) is 10.2. The number of benzene rings is 1. The molecule has 1 N–H and O–H groups in total. The van der Waals surface area contributed by atoms with Crippen LogP contribution in [0, 0.1) is 11.7 Å². The standard InChI is InChI=1S/C13H18FNO2/c1-10(13(16)17)7-8-15(2)9-11-5-3-4-6-12(11)14/h3-6,10H,7-9H2,1-2H3,(H,16,17). The van der Waals surface area contributed by atoms with Crippen LogP contribution in [0.25, 0.3) is 0 Å². The zero-order chi connectivity index (χ0) is 12.8. The van der Waals surface area contributed by atoms with E-state index in [1.807, 2.05) is 11.9 Å². The van der Waals surface area contributed by atoms with Crippen LogP contribution in [0.15, 0.2) is 24.3 Å². The van der Waals surface area contributed by atoms with Crippen LogP contribution in [0.4, 0.5) is 4.39 Å². The molecule has 0 spiro atoms. The highest BCUT2D eigenvalue weighted by Crippen LogP contribution is 2.10. The highest BCUT2D eigenvalue weighted by Gasteiger charge is 2.12. The van der Waals surface area contributed by atoms with Crippen LogP contribution in [0.2, 0.25) is 0 Å². The van der Waals surface area contributed by atoms with Crippen LogP contribution in [0.3, 0.4) is 0 Å². The SMILES string of the molecule is CC(CCN(C)Cc1ccccc1F)C(=O)O. The lowest BCUT2D eigenvalue weighted by molar-refractivity contribution is -0.141. The Morgan fingerprint density at radius 3 is 2.71 bits per heavy atom. The Bertz CT molecular complexity index is 381. The Morgan fingerprint density at radius 1 is 1.47 bits per heavy atom. The topological polar surface area (TPSA) is 40.5 Å². The molecule has 0 saturated carbocycles. The average molecular weight is 239 g/mol. The molecule has 0 aliphatic carbocycles. The lowest BCUT2D eigenvalue weighted by Gasteiger charge is -2.18. The fraction of sp³-hybridized carbons (Fsp3) is 0.462. The number of nitrogens with zero attached hydrogens (tertiary/aromatic N) is 1. The molecule has 0 amide bonds. The van der Waals surface area contributed by atoms with Crippen molar-refractivity contribution in [3.05, 3.63) is 35.6 Å². The van der Waals surface area contributed by atoms with Gasteiger partial charge in [0.2, 0.25) is 0 Å². The second kappa shape index (κ2) is 6.35. The van der Waals surface area contributed by atoms with Gasteiger partial charge >= 0.3 is 5.97 Å². The van der Waals surface area contributed by atoms with Gasteiger partial charge in [0.05, 0.1) is 5.92 Å². The molecule has 1 aromatic carbocycles. The van der Waals surface area contributed by atoms with E-state index >= 15 is 0 Å². The number of rotatable bonds is 6. The van der Waals surface area contributed by atoms with Crippen LogP contribution >= 0.6 is 0 Å². The number of carboxylic acid groups (broad SMARTS) is 1. The van der Waals surface area contributed by atoms with E-state index < -0.39 is 5.97 Å². The van der Waals surface area contributed by atoms with E-state index in [9.17, 15) is 9.18 Å². The van der Waals surface area contributed by atoms with Crippen molar-refractivity contribution in [1.29, 1.82) is 0 Å². The summed E-state index contributed by atoms with van der Waals surface area (Å²) in [5.41, 5.74) is 0.637. The van der Waals surface area contributed by atoms with Gasteiger partial charge in [-0.15, -0.1) is 0 Å². The summed E-state index contributed by atoms with van der Waals surface area (Å²) in [7, 11) is 1.86. The molecule has 0 aromatic heterocycles. The van der Waals surface area contributed by atoms with Crippen molar-refractivity contribution < 1.29 is 14.3 Å². The molecule has 0 fully saturated rings. The van der Waals surface area contributed by atoms with Crippen molar-refractivity contribution >= 4 is 5.97 Å². The summed E-state index contributed by atoms with van der Waals surface area (Å²) < 4.78 is 13.4. The predicted molar refractivity (Wildman–Crippen MR) is 64.2 cm³/mol.